The van der Waals surface area contributed by atoms with Crippen LogP contribution in [0.3, 0.4) is 0 Å². The third-order valence-electron chi connectivity index (χ3n) is 11.4. The number of anilines is 1. The van der Waals surface area contributed by atoms with Gasteiger partial charge >= 0.3 is 6.03 Å². The van der Waals surface area contributed by atoms with Crippen LogP contribution in [0.15, 0.2) is 109 Å². The van der Waals surface area contributed by atoms with Crippen LogP contribution in [0.25, 0.3) is 0 Å². The number of amides is 2. The standard InChI is InChI=1S/C44H48ClFN2O4/c1-30-11-10-23-43(2)38(22-24-44(43,52)29-48(28-31-12-5-3-6-13-31)42(51)47-33-14-7-4-8-15-33)35-21-19-32(25-34(49)20-18-30)26-36(35)41(50)27-37-39(45)16-9-17-40(37)46/h3-9,11-17,19,21,26,34,38,49,52H,10,18,20,22-25,27-29H2,1-2H3,(H,47,51). The van der Waals surface area contributed by atoms with E-state index >= 15 is 0 Å². The number of fused-ring (bicyclic) bond motifs is 8. The molecule has 3 aliphatic carbocycles. The van der Waals surface area contributed by atoms with Crippen LogP contribution in [0.1, 0.15) is 90.9 Å². The lowest BCUT2D eigenvalue weighted by molar-refractivity contribution is -0.0773. The monoisotopic (exact) mass is 722 g/mol. The highest BCUT2D eigenvalue weighted by molar-refractivity contribution is 6.31. The lowest BCUT2D eigenvalue weighted by Crippen LogP contribution is -2.54. The zero-order valence-electron chi connectivity index (χ0n) is 30.0. The van der Waals surface area contributed by atoms with Crippen LogP contribution in [0.5, 0.6) is 0 Å². The van der Waals surface area contributed by atoms with Gasteiger partial charge in [0.15, 0.2) is 5.78 Å². The molecule has 6 nitrogen and oxygen atoms in total. The number of nitrogens with one attached hydrogen (secondary N) is 1. The first-order chi connectivity index (χ1) is 25.0. The number of nitrogens with zero attached hydrogens (tertiary/aromatic N) is 1. The SMILES string of the molecule is CC1=CCCC2(C)C(CCC2(O)CN(Cc2ccccc2)C(=O)Nc2ccccc2)c2ccc(cc2C(=O)Cc2c(F)cccc2Cl)CC(O)CC1. The molecule has 0 saturated heterocycles. The number of halogens is 2. The molecular formula is C44H48ClFN2O4. The number of ketones is 1. The molecule has 0 aliphatic heterocycles. The van der Waals surface area contributed by atoms with Gasteiger partial charge in [0.05, 0.1) is 18.2 Å². The lowest BCUT2D eigenvalue weighted by atomic mass is 9.64. The van der Waals surface area contributed by atoms with Crippen molar-refractivity contribution < 1.29 is 24.2 Å². The molecule has 0 heterocycles. The molecule has 1 fully saturated rings. The second-order valence-corrected chi connectivity index (χ2v) is 15.3. The Morgan fingerprint density at radius 2 is 1.69 bits per heavy atom. The van der Waals surface area contributed by atoms with Crippen LogP contribution in [-0.2, 0) is 19.4 Å². The van der Waals surface area contributed by atoms with E-state index in [4.69, 9.17) is 11.6 Å². The first kappa shape index (κ1) is 37.5. The summed E-state index contributed by atoms with van der Waals surface area (Å²) in [6.07, 6.45) is 5.35. The number of hydrogen-bond donors (Lipinski definition) is 3. The predicted octanol–water partition coefficient (Wildman–Crippen LogP) is 9.68. The van der Waals surface area contributed by atoms with Crippen LogP contribution in [0.2, 0.25) is 5.02 Å². The van der Waals surface area contributed by atoms with Crippen molar-refractivity contribution in [1.82, 2.24) is 4.90 Å². The van der Waals surface area contributed by atoms with Crippen molar-refractivity contribution in [2.45, 2.75) is 89.4 Å². The Kier molecular flexibility index (Phi) is 11.6. The zero-order chi connectivity index (χ0) is 36.9. The number of aliphatic hydroxyl groups is 2. The van der Waals surface area contributed by atoms with Gasteiger partial charge in [-0.1, -0.05) is 96.9 Å². The molecule has 4 aromatic carbocycles. The minimum Gasteiger partial charge on any atom is -0.393 e. The number of urea groups is 1. The highest BCUT2D eigenvalue weighted by atomic mass is 35.5. The number of aliphatic hydroxyl groups excluding tert-OH is 1. The van der Waals surface area contributed by atoms with Crippen molar-refractivity contribution in [3.05, 3.63) is 147 Å². The molecule has 7 rings (SSSR count). The number of hydrogen-bond acceptors (Lipinski definition) is 4. The van der Waals surface area contributed by atoms with E-state index in [1.165, 1.54) is 17.7 Å². The summed E-state index contributed by atoms with van der Waals surface area (Å²) >= 11 is 6.39. The first-order valence-corrected chi connectivity index (χ1v) is 18.6. The van der Waals surface area contributed by atoms with Gasteiger partial charge in [0.2, 0.25) is 0 Å². The molecule has 0 radical (unpaired) electrons. The van der Waals surface area contributed by atoms with Crippen LogP contribution in [0, 0.1) is 11.2 Å². The Balaban J connectivity index is 1.41. The van der Waals surface area contributed by atoms with Gasteiger partial charge in [-0.3, -0.25) is 4.79 Å². The van der Waals surface area contributed by atoms with Gasteiger partial charge in [-0.2, -0.15) is 0 Å². The number of rotatable bonds is 8. The normalized spacial score (nSPS) is 23.3. The molecule has 4 aromatic rings. The summed E-state index contributed by atoms with van der Waals surface area (Å²) in [5, 5.41) is 27.1. The fourth-order valence-corrected chi connectivity index (χ4v) is 8.47. The molecule has 0 aromatic heterocycles. The van der Waals surface area contributed by atoms with E-state index in [1.54, 1.807) is 11.0 Å². The van der Waals surface area contributed by atoms with E-state index in [9.17, 15) is 24.2 Å². The van der Waals surface area contributed by atoms with E-state index < -0.39 is 22.9 Å². The Labute approximate surface area is 311 Å². The van der Waals surface area contributed by atoms with Crippen molar-refractivity contribution in [2.75, 3.05) is 11.9 Å². The smallest absolute Gasteiger partial charge is 0.322 e. The second-order valence-electron chi connectivity index (χ2n) is 14.9. The van der Waals surface area contributed by atoms with E-state index in [1.807, 2.05) is 78.9 Å². The average molecular weight is 723 g/mol. The van der Waals surface area contributed by atoms with Crippen LogP contribution < -0.4 is 5.32 Å². The van der Waals surface area contributed by atoms with Crippen LogP contribution in [0.4, 0.5) is 14.9 Å². The predicted molar refractivity (Wildman–Crippen MR) is 205 cm³/mol. The van der Waals surface area contributed by atoms with Crippen molar-refractivity contribution in [3.63, 3.8) is 0 Å². The van der Waals surface area contributed by atoms with Crippen molar-refractivity contribution in [3.8, 4) is 0 Å². The quantitative estimate of drug-likeness (QED) is 0.125. The van der Waals surface area contributed by atoms with Crippen molar-refractivity contribution in [2.24, 2.45) is 5.41 Å². The Bertz CT molecular complexity index is 1900. The molecule has 272 valence electrons. The fraction of sp³-hybridized carbons (Fsp3) is 0.364. The molecule has 0 spiro atoms. The fourth-order valence-electron chi connectivity index (χ4n) is 8.24. The zero-order valence-corrected chi connectivity index (χ0v) is 30.7. The molecule has 4 atom stereocenters. The summed E-state index contributed by atoms with van der Waals surface area (Å²) in [6.45, 7) is 4.54. The average Bonchev–Trinajstić information content (AvgIpc) is 3.38. The molecule has 2 bridgehead atoms. The molecule has 1 saturated carbocycles. The number of Topliss-reactive ketones (excluding diaryl/α,β-unsaturated/α-hetero) is 1. The lowest BCUT2D eigenvalue weighted by Gasteiger charge is -2.46. The van der Waals surface area contributed by atoms with E-state index in [0.29, 0.717) is 56.3 Å². The summed E-state index contributed by atoms with van der Waals surface area (Å²) < 4.78 is 15.0. The van der Waals surface area contributed by atoms with Gasteiger partial charge < -0.3 is 20.4 Å². The third-order valence-corrected chi connectivity index (χ3v) is 11.7. The number of carbonyl (C=O) groups excluding carboxylic acids is 2. The first-order valence-electron chi connectivity index (χ1n) is 18.3. The maximum Gasteiger partial charge on any atom is 0.322 e. The van der Waals surface area contributed by atoms with Crippen LogP contribution in [-0.4, -0.2) is 45.2 Å². The van der Waals surface area contributed by atoms with Crippen LogP contribution >= 0.6 is 11.6 Å². The molecule has 52 heavy (non-hydrogen) atoms. The summed E-state index contributed by atoms with van der Waals surface area (Å²) in [7, 11) is 0. The van der Waals surface area contributed by atoms with Crippen molar-refractivity contribution >= 4 is 29.1 Å². The molecule has 2 amide bonds. The maximum absolute atomic E-state index is 15.0. The molecule has 4 unspecified atom stereocenters. The number of benzene rings is 4. The Hall–Kier alpha value is -4.30. The van der Waals surface area contributed by atoms with E-state index in [0.717, 1.165) is 23.1 Å². The van der Waals surface area contributed by atoms with Crippen molar-refractivity contribution in [1.29, 1.82) is 0 Å². The van der Waals surface area contributed by atoms with Gasteiger partial charge in [-0.05, 0) is 105 Å². The Morgan fingerprint density at radius 1 is 0.962 bits per heavy atom. The van der Waals surface area contributed by atoms with Gasteiger partial charge in [-0.25, -0.2) is 9.18 Å². The maximum atomic E-state index is 15.0. The molecular weight excluding hydrogens is 675 g/mol. The van der Waals surface area contributed by atoms with E-state index in [-0.39, 0.29) is 41.3 Å². The van der Waals surface area contributed by atoms with Gasteiger partial charge in [0.1, 0.15) is 5.82 Å². The number of allylic oxidation sites excluding steroid dienone is 2. The molecule has 3 N–H and O–H groups in total. The molecule has 3 aliphatic rings. The minimum atomic E-state index is -1.32. The second kappa shape index (κ2) is 16.2. The Morgan fingerprint density at radius 3 is 2.42 bits per heavy atom. The largest absolute Gasteiger partial charge is 0.393 e. The molecule has 8 heteroatoms. The minimum absolute atomic E-state index is 0.0780. The van der Waals surface area contributed by atoms with E-state index in [2.05, 4.69) is 25.2 Å². The van der Waals surface area contributed by atoms with Gasteiger partial charge in [0, 0.05) is 40.2 Å². The highest BCUT2D eigenvalue weighted by Gasteiger charge is 2.57. The van der Waals surface area contributed by atoms with Gasteiger partial charge in [-0.15, -0.1) is 0 Å². The number of para-hydroxylation sites is 1. The number of carbonyl (C=O) groups is 2. The summed E-state index contributed by atoms with van der Waals surface area (Å²) in [5.74, 6) is -1.06. The summed E-state index contributed by atoms with van der Waals surface area (Å²) in [5.41, 5.74) is 2.91. The summed E-state index contributed by atoms with van der Waals surface area (Å²) in [4.78, 5) is 30.0. The third kappa shape index (κ3) is 8.33. The topological polar surface area (TPSA) is 89.9 Å². The summed E-state index contributed by atoms with van der Waals surface area (Å²) in [6, 6.07) is 28.9. The highest BCUT2D eigenvalue weighted by Crippen LogP contribution is 2.59. The van der Waals surface area contributed by atoms with Gasteiger partial charge in [0.25, 0.3) is 0 Å².